The molecule has 0 unspecified atom stereocenters. The third kappa shape index (κ3) is 3.99. The minimum absolute atomic E-state index is 0.199. The van der Waals surface area contributed by atoms with E-state index in [-0.39, 0.29) is 12.4 Å². The lowest BCUT2D eigenvalue weighted by Gasteiger charge is -2.43. The Kier molecular flexibility index (Phi) is 4.94. The Hall–Kier alpha value is -1.99. The number of benzene rings is 1. The topological polar surface area (TPSA) is 60.6 Å². The van der Waals surface area contributed by atoms with Gasteiger partial charge in [0.2, 0.25) is 11.7 Å². The zero-order valence-electron chi connectivity index (χ0n) is 14.1. The molecule has 0 bridgehead atoms. The second-order valence-corrected chi connectivity index (χ2v) is 6.58. The van der Waals surface area contributed by atoms with Gasteiger partial charge in [0.15, 0.2) is 6.61 Å². The molecule has 6 nitrogen and oxygen atoms in total. The van der Waals surface area contributed by atoms with Gasteiger partial charge in [-0.1, -0.05) is 18.0 Å². The van der Waals surface area contributed by atoms with Gasteiger partial charge in [0.05, 0.1) is 19.3 Å². The molecule has 2 aliphatic rings. The fraction of sp³-hybridized carbons (Fsp3) is 0.556. The van der Waals surface area contributed by atoms with Crippen LogP contribution in [0.25, 0.3) is 0 Å². The highest BCUT2D eigenvalue weighted by atomic mass is 19.1. The molecule has 2 heterocycles. The minimum atomic E-state index is -0.291. The van der Waals surface area contributed by atoms with Crippen LogP contribution in [0.3, 0.4) is 0 Å². The summed E-state index contributed by atoms with van der Waals surface area (Å²) in [5.41, 5.74) is 0. The molecule has 1 saturated heterocycles. The number of hydrogen-bond donors (Lipinski definition) is 0. The molecule has 0 N–H and O–H groups in total. The number of morpholine rings is 1. The first kappa shape index (κ1) is 16.5. The summed E-state index contributed by atoms with van der Waals surface area (Å²) in [6, 6.07) is 6.32. The summed E-state index contributed by atoms with van der Waals surface area (Å²) in [5, 5.41) is 3.98. The third-order valence-electron chi connectivity index (χ3n) is 4.88. The number of ether oxygens (including phenoxy) is 2. The van der Waals surface area contributed by atoms with Crippen LogP contribution in [0.4, 0.5) is 4.39 Å². The van der Waals surface area contributed by atoms with E-state index in [2.05, 4.69) is 15.0 Å². The molecule has 2 aromatic rings. The van der Waals surface area contributed by atoms with Crippen molar-refractivity contribution in [3.8, 4) is 5.75 Å². The molecule has 134 valence electrons. The second kappa shape index (κ2) is 7.49. The zero-order valence-corrected chi connectivity index (χ0v) is 14.1. The maximum atomic E-state index is 12.9. The van der Waals surface area contributed by atoms with Crippen molar-refractivity contribution in [3.63, 3.8) is 0 Å². The van der Waals surface area contributed by atoms with Crippen molar-refractivity contribution < 1.29 is 18.4 Å². The van der Waals surface area contributed by atoms with Crippen molar-refractivity contribution in [1.29, 1.82) is 0 Å². The van der Waals surface area contributed by atoms with Crippen LogP contribution in [0.2, 0.25) is 0 Å². The number of nitrogens with zero attached hydrogens (tertiary/aromatic N) is 3. The summed E-state index contributed by atoms with van der Waals surface area (Å²) in [6.45, 7) is 2.50. The summed E-state index contributed by atoms with van der Waals surface area (Å²) in [7, 11) is 0. The van der Waals surface area contributed by atoms with E-state index in [9.17, 15) is 4.39 Å². The Labute approximate surface area is 145 Å². The average molecular weight is 347 g/mol. The molecule has 7 heteroatoms. The van der Waals surface area contributed by atoms with Gasteiger partial charge in [-0.2, -0.15) is 4.98 Å². The van der Waals surface area contributed by atoms with Crippen LogP contribution >= 0.6 is 0 Å². The third-order valence-corrected chi connectivity index (χ3v) is 4.88. The fourth-order valence-corrected chi connectivity index (χ4v) is 3.64. The molecule has 4 rings (SSSR count). The molecule has 1 aromatic heterocycles. The smallest absolute Gasteiger partial charge is 0.240 e. The Morgan fingerprint density at radius 2 is 2.04 bits per heavy atom. The monoisotopic (exact) mass is 347 g/mol. The van der Waals surface area contributed by atoms with Crippen molar-refractivity contribution in [1.82, 2.24) is 15.0 Å². The molecular weight excluding hydrogens is 325 g/mol. The molecule has 25 heavy (non-hydrogen) atoms. The molecule has 0 radical (unpaired) electrons. The van der Waals surface area contributed by atoms with E-state index < -0.39 is 0 Å². The average Bonchev–Trinajstić information content (AvgIpc) is 3.09. The van der Waals surface area contributed by atoms with Gasteiger partial charge in [-0.25, -0.2) is 4.39 Å². The fourth-order valence-electron chi connectivity index (χ4n) is 3.64. The van der Waals surface area contributed by atoms with Gasteiger partial charge in [-0.15, -0.1) is 0 Å². The van der Waals surface area contributed by atoms with Gasteiger partial charge in [0.1, 0.15) is 11.6 Å². The Morgan fingerprint density at radius 3 is 2.92 bits per heavy atom. The van der Waals surface area contributed by atoms with Crippen LogP contribution in [0.5, 0.6) is 5.75 Å². The van der Waals surface area contributed by atoms with Gasteiger partial charge in [-0.05, 0) is 37.1 Å². The number of halogens is 1. The lowest BCUT2D eigenvalue weighted by molar-refractivity contribution is -0.0933. The summed E-state index contributed by atoms with van der Waals surface area (Å²) in [6.07, 6.45) is 5.15. The van der Waals surface area contributed by atoms with Crippen LogP contribution < -0.4 is 4.74 Å². The predicted octanol–water partition coefficient (Wildman–Crippen LogP) is 2.93. The highest BCUT2D eigenvalue weighted by Crippen LogP contribution is 2.29. The zero-order chi connectivity index (χ0) is 17.1. The second-order valence-electron chi connectivity index (χ2n) is 6.58. The SMILES string of the molecule is Fc1ccc(OCc2noc(CN3CCO[C@@H]4CCCC[C@H]43)n2)cc1. The van der Waals surface area contributed by atoms with Crippen molar-refractivity contribution >= 4 is 0 Å². The highest BCUT2D eigenvalue weighted by molar-refractivity contribution is 5.22. The van der Waals surface area contributed by atoms with Crippen LogP contribution in [-0.2, 0) is 17.9 Å². The first-order valence-corrected chi connectivity index (χ1v) is 8.83. The van der Waals surface area contributed by atoms with Crippen molar-refractivity contribution in [2.24, 2.45) is 0 Å². The van der Waals surface area contributed by atoms with Crippen molar-refractivity contribution in [2.75, 3.05) is 13.2 Å². The van der Waals surface area contributed by atoms with E-state index in [0.717, 1.165) is 19.6 Å². The quantitative estimate of drug-likeness (QED) is 0.829. The van der Waals surface area contributed by atoms with Crippen molar-refractivity contribution in [3.05, 3.63) is 41.8 Å². The van der Waals surface area contributed by atoms with Gasteiger partial charge in [-0.3, -0.25) is 4.90 Å². The maximum absolute atomic E-state index is 12.9. The Balaban J connectivity index is 1.33. The molecule has 1 aliphatic heterocycles. The largest absolute Gasteiger partial charge is 0.485 e. The van der Waals surface area contributed by atoms with Crippen molar-refractivity contribution in [2.45, 2.75) is 51.0 Å². The number of hydrogen-bond acceptors (Lipinski definition) is 6. The van der Waals surface area contributed by atoms with Crippen LogP contribution in [0.15, 0.2) is 28.8 Å². The summed E-state index contributed by atoms with van der Waals surface area (Å²) >= 11 is 0. The van der Waals surface area contributed by atoms with Crippen LogP contribution in [-0.4, -0.2) is 40.3 Å². The van der Waals surface area contributed by atoms with Gasteiger partial charge in [0.25, 0.3) is 0 Å². The standard InChI is InChI=1S/C18H22FN3O3/c19-13-5-7-14(8-6-13)24-12-17-20-18(25-21-17)11-22-9-10-23-16-4-2-1-3-15(16)22/h5-8,15-16H,1-4,9-12H2/t15-,16-/m1/s1. The molecule has 1 aromatic carbocycles. The molecule has 2 fully saturated rings. The van der Waals surface area contributed by atoms with Gasteiger partial charge < -0.3 is 14.0 Å². The molecule has 1 saturated carbocycles. The molecule has 0 spiro atoms. The van der Waals surface area contributed by atoms with E-state index in [1.54, 1.807) is 12.1 Å². The Bertz CT molecular complexity index is 689. The molecule has 2 atom stereocenters. The predicted molar refractivity (Wildman–Crippen MR) is 87.4 cm³/mol. The first-order chi connectivity index (χ1) is 12.3. The van der Waals surface area contributed by atoms with Crippen LogP contribution in [0, 0.1) is 5.82 Å². The summed E-state index contributed by atoms with van der Waals surface area (Å²) in [4.78, 5) is 6.81. The first-order valence-electron chi connectivity index (χ1n) is 8.83. The number of rotatable bonds is 5. The van der Waals surface area contributed by atoms with E-state index in [1.165, 1.54) is 31.4 Å². The number of fused-ring (bicyclic) bond motifs is 1. The van der Waals surface area contributed by atoms with Gasteiger partial charge >= 0.3 is 0 Å². The highest BCUT2D eigenvalue weighted by Gasteiger charge is 2.34. The van der Waals surface area contributed by atoms with E-state index in [0.29, 0.717) is 36.2 Å². The summed E-state index contributed by atoms with van der Waals surface area (Å²) in [5.74, 6) is 1.38. The normalized spacial score (nSPS) is 24.0. The number of aromatic nitrogens is 2. The molecule has 0 amide bonds. The van der Waals surface area contributed by atoms with E-state index in [4.69, 9.17) is 14.0 Å². The Morgan fingerprint density at radius 1 is 1.20 bits per heavy atom. The minimum Gasteiger partial charge on any atom is -0.485 e. The van der Waals surface area contributed by atoms with Crippen LogP contribution in [0.1, 0.15) is 37.4 Å². The maximum Gasteiger partial charge on any atom is 0.240 e. The molecule has 1 aliphatic carbocycles. The summed E-state index contributed by atoms with van der Waals surface area (Å²) < 4.78 is 29.7. The lowest BCUT2D eigenvalue weighted by atomic mass is 9.90. The lowest BCUT2D eigenvalue weighted by Crippen LogP contribution is -2.52. The van der Waals surface area contributed by atoms with E-state index in [1.807, 2.05) is 0 Å². The van der Waals surface area contributed by atoms with E-state index >= 15 is 0 Å². The van der Waals surface area contributed by atoms with Gasteiger partial charge in [0, 0.05) is 12.6 Å². The molecular formula is C18H22FN3O3.